The van der Waals surface area contributed by atoms with Crippen molar-refractivity contribution in [1.29, 1.82) is 0 Å². The molecule has 0 heterocycles. The molecule has 0 aromatic rings. The minimum absolute atomic E-state index is 0. The van der Waals surface area contributed by atoms with Gasteiger partial charge in [0.1, 0.15) is 0 Å². The monoisotopic (exact) mass is 83.0 g/mol. The summed E-state index contributed by atoms with van der Waals surface area (Å²) in [5, 5.41) is 0. The molecule has 0 aliphatic heterocycles. The zero-order valence-corrected chi connectivity index (χ0v) is 6.83. The summed E-state index contributed by atoms with van der Waals surface area (Å²) < 4.78 is 0. The second kappa shape index (κ2) is 8.82. The SMILES string of the molecule is CCC.[K]. The second-order valence-electron chi connectivity index (χ2n) is 0.707. The van der Waals surface area contributed by atoms with Gasteiger partial charge in [-0.25, -0.2) is 0 Å². The van der Waals surface area contributed by atoms with Crippen molar-refractivity contribution < 1.29 is 0 Å². The number of hydrogen-bond acceptors (Lipinski definition) is 0. The molecule has 0 unspecified atom stereocenters. The van der Waals surface area contributed by atoms with Crippen LogP contribution in [0, 0.1) is 0 Å². The second-order valence-corrected chi connectivity index (χ2v) is 0.707. The van der Waals surface area contributed by atoms with Gasteiger partial charge in [0.2, 0.25) is 0 Å². The fraction of sp³-hybridized carbons (Fsp3) is 1.00. The minimum Gasteiger partial charge on any atom is -0.0656 e. The normalized spacial score (nSPS) is 4.50. The quantitative estimate of drug-likeness (QED) is 0.384. The van der Waals surface area contributed by atoms with Crippen LogP contribution in [0.1, 0.15) is 20.3 Å². The van der Waals surface area contributed by atoms with Crippen LogP contribution in [0.5, 0.6) is 0 Å². The summed E-state index contributed by atoms with van der Waals surface area (Å²) in [5.74, 6) is 0. The van der Waals surface area contributed by atoms with Crippen LogP contribution in [0.3, 0.4) is 0 Å². The van der Waals surface area contributed by atoms with Crippen molar-refractivity contribution >= 4 is 51.4 Å². The summed E-state index contributed by atoms with van der Waals surface area (Å²) >= 11 is 0. The van der Waals surface area contributed by atoms with E-state index in [0.29, 0.717) is 0 Å². The van der Waals surface area contributed by atoms with E-state index in [1.807, 2.05) is 0 Å². The standard InChI is InChI=1S/C3H8.K/c1-3-2;/h3H2,1-2H3;. The third-order valence-electron chi connectivity index (χ3n) is 0. The van der Waals surface area contributed by atoms with E-state index in [0.717, 1.165) is 0 Å². The van der Waals surface area contributed by atoms with E-state index in [2.05, 4.69) is 13.8 Å². The average molecular weight is 83.2 g/mol. The topological polar surface area (TPSA) is 0 Å². The van der Waals surface area contributed by atoms with Gasteiger partial charge in [-0.2, -0.15) is 0 Å². The van der Waals surface area contributed by atoms with Crippen molar-refractivity contribution in [3.63, 3.8) is 0 Å². The van der Waals surface area contributed by atoms with Crippen molar-refractivity contribution in [2.45, 2.75) is 20.3 Å². The van der Waals surface area contributed by atoms with Crippen LogP contribution in [-0.4, -0.2) is 51.4 Å². The summed E-state index contributed by atoms with van der Waals surface area (Å²) in [4.78, 5) is 0. The average Bonchev–Trinajstić information content (AvgIpc) is 0.918. The Balaban J connectivity index is 0. The Morgan fingerprint density at radius 1 is 1.25 bits per heavy atom. The van der Waals surface area contributed by atoms with Crippen LogP contribution in [0.4, 0.5) is 0 Å². The molecular formula is C3H8K. The maximum absolute atomic E-state index is 2.12. The maximum atomic E-state index is 2.12. The molecule has 0 bridgehead atoms. The molecule has 0 rings (SSSR count). The summed E-state index contributed by atoms with van der Waals surface area (Å²) in [6.07, 6.45) is 1.25. The smallest absolute Gasteiger partial charge is 0 e. The van der Waals surface area contributed by atoms with Gasteiger partial charge in [-0.05, 0) is 0 Å². The van der Waals surface area contributed by atoms with Gasteiger partial charge in [0.15, 0.2) is 0 Å². The zero-order valence-electron chi connectivity index (χ0n) is 3.71. The molecule has 0 saturated heterocycles. The predicted molar refractivity (Wildman–Crippen MR) is 21.7 cm³/mol. The molecule has 0 spiro atoms. The molecule has 0 fully saturated rings. The molecule has 0 aromatic carbocycles. The zero-order chi connectivity index (χ0) is 2.71. The molecule has 21 valence electrons. The minimum atomic E-state index is 0. The van der Waals surface area contributed by atoms with Crippen LogP contribution in [0.15, 0.2) is 0 Å². The van der Waals surface area contributed by atoms with Gasteiger partial charge in [-0.1, -0.05) is 20.3 Å². The van der Waals surface area contributed by atoms with Crippen molar-refractivity contribution in [2.75, 3.05) is 0 Å². The molecule has 0 aromatic heterocycles. The first kappa shape index (κ1) is 9.16. The summed E-state index contributed by atoms with van der Waals surface area (Å²) in [5.41, 5.74) is 0. The predicted octanol–water partition coefficient (Wildman–Crippen LogP) is 1.04. The van der Waals surface area contributed by atoms with Crippen molar-refractivity contribution in [3.05, 3.63) is 0 Å². The van der Waals surface area contributed by atoms with E-state index in [1.165, 1.54) is 6.42 Å². The third-order valence-corrected chi connectivity index (χ3v) is 0. The molecule has 0 nitrogen and oxygen atoms in total. The summed E-state index contributed by atoms with van der Waals surface area (Å²) in [6, 6.07) is 0. The Kier molecular flexibility index (Phi) is 20.2. The molecule has 0 N–H and O–H groups in total. The molecule has 1 radical (unpaired) electrons. The van der Waals surface area contributed by atoms with Crippen molar-refractivity contribution in [2.24, 2.45) is 0 Å². The van der Waals surface area contributed by atoms with Crippen molar-refractivity contribution in [3.8, 4) is 0 Å². The maximum Gasteiger partial charge on any atom is 0 e. The first-order chi connectivity index (χ1) is 1.41. The van der Waals surface area contributed by atoms with Gasteiger partial charge in [-0.15, -0.1) is 0 Å². The van der Waals surface area contributed by atoms with E-state index in [-0.39, 0.29) is 51.4 Å². The summed E-state index contributed by atoms with van der Waals surface area (Å²) in [7, 11) is 0. The molecule has 0 atom stereocenters. The summed E-state index contributed by atoms with van der Waals surface area (Å²) in [6.45, 7) is 4.25. The molecule has 4 heavy (non-hydrogen) atoms. The molecule has 1 heteroatoms. The van der Waals surface area contributed by atoms with Crippen molar-refractivity contribution in [1.82, 2.24) is 0 Å². The van der Waals surface area contributed by atoms with E-state index in [9.17, 15) is 0 Å². The van der Waals surface area contributed by atoms with E-state index < -0.39 is 0 Å². The first-order valence-corrected chi connectivity index (χ1v) is 1.41. The van der Waals surface area contributed by atoms with Crippen LogP contribution >= 0.6 is 0 Å². The molecule has 0 amide bonds. The van der Waals surface area contributed by atoms with E-state index in [1.54, 1.807) is 0 Å². The van der Waals surface area contributed by atoms with E-state index in [4.69, 9.17) is 0 Å². The fourth-order valence-corrected chi connectivity index (χ4v) is 0. The Labute approximate surface area is 70.4 Å². The Hall–Kier alpha value is 1.64. The molecule has 0 aliphatic carbocycles. The molecule has 0 saturated carbocycles. The molecular weight excluding hydrogens is 75.1 g/mol. The van der Waals surface area contributed by atoms with Gasteiger partial charge in [-0.3, -0.25) is 0 Å². The van der Waals surface area contributed by atoms with Crippen LogP contribution in [0.25, 0.3) is 0 Å². The van der Waals surface area contributed by atoms with Gasteiger partial charge in [0.25, 0.3) is 0 Å². The number of rotatable bonds is 0. The molecule has 0 aliphatic rings. The van der Waals surface area contributed by atoms with Crippen LogP contribution in [-0.2, 0) is 0 Å². The fourth-order valence-electron chi connectivity index (χ4n) is 0. The Bertz CT molecular complexity index is 3.25. The van der Waals surface area contributed by atoms with Gasteiger partial charge in [0, 0.05) is 51.4 Å². The Morgan fingerprint density at radius 2 is 1.25 bits per heavy atom. The van der Waals surface area contributed by atoms with Gasteiger partial charge >= 0.3 is 0 Å². The largest absolute Gasteiger partial charge is 0.0656 e. The van der Waals surface area contributed by atoms with E-state index >= 15 is 0 Å². The van der Waals surface area contributed by atoms with Gasteiger partial charge in [0.05, 0.1) is 0 Å². The Morgan fingerprint density at radius 3 is 1.25 bits per heavy atom. The van der Waals surface area contributed by atoms with Crippen LogP contribution in [0.2, 0.25) is 0 Å². The third kappa shape index (κ3) is 9.44. The first-order valence-electron chi connectivity index (χ1n) is 1.41. The van der Waals surface area contributed by atoms with Gasteiger partial charge < -0.3 is 0 Å². The van der Waals surface area contributed by atoms with Crippen LogP contribution < -0.4 is 0 Å². The number of hydrogen-bond donors (Lipinski definition) is 0.